The maximum absolute atomic E-state index is 2.50. The van der Waals surface area contributed by atoms with Crippen LogP contribution in [-0.2, 0) is 0 Å². The van der Waals surface area contributed by atoms with Gasteiger partial charge in [0.25, 0.3) is 0 Å². The highest BCUT2D eigenvalue weighted by Gasteiger charge is 2.44. The lowest BCUT2D eigenvalue weighted by Crippen LogP contribution is -2.18. The van der Waals surface area contributed by atoms with Crippen molar-refractivity contribution in [2.24, 2.45) is 23.7 Å². The van der Waals surface area contributed by atoms with E-state index < -0.39 is 0 Å². The average molecular weight is 186 g/mol. The second-order valence-corrected chi connectivity index (χ2v) is 5.65. The quantitative estimate of drug-likeness (QED) is 0.506. The summed E-state index contributed by atoms with van der Waals surface area (Å²) in [6, 6.07) is 0. The maximum atomic E-state index is 2.50. The van der Waals surface area contributed by atoms with Gasteiger partial charge in [0.15, 0.2) is 0 Å². The van der Waals surface area contributed by atoms with E-state index in [4.69, 9.17) is 0 Å². The number of allylic oxidation sites excluding steroid dienone is 4. The van der Waals surface area contributed by atoms with Crippen molar-refractivity contribution in [2.45, 2.75) is 38.5 Å². The average Bonchev–Trinajstić information content (AvgIpc) is 2.69. The molecule has 5 aliphatic rings. The highest BCUT2D eigenvalue weighted by Crippen LogP contribution is 2.57. The molecule has 0 aromatic rings. The summed E-state index contributed by atoms with van der Waals surface area (Å²) in [4.78, 5) is 0. The fraction of sp³-hybridized carbons (Fsp3) is 0.714. The van der Waals surface area contributed by atoms with Crippen LogP contribution in [-0.4, -0.2) is 0 Å². The fourth-order valence-corrected chi connectivity index (χ4v) is 4.59. The predicted octanol–water partition coefficient (Wildman–Crippen LogP) is 3.70. The van der Waals surface area contributed by atoms with E-state index in [0.29, 0.717) is 0 Å². The Hall–Kier alpha value is -0.520. The van der Waals surface area contributed by atoms with Gasteiger partial charge >= 0.3 is 0 Å². The van der Waals surface area contributed by atoms with E-state index >= 15 is 0 Å². The molecule has 5 rings (SSSR count). The van der Waals surface area contributed by atoms with Gasteiger partial charge in [0.2, 0.25) is 0 Å². The lowest BCUT2D eigenvalue weighted by Gasteiger charge is -2.31. The molecule has 0 aromatic carbocycles. The number of rotatable bonds is 0. The Labute approximate surface area is 86.1 Å². The normalized spacial score (nSPS) is 48.6. The third-order valence-electron chi connectivity index (χ3n) is 5.06. The Morgan fingerprint density at radius 2 is 1.36 bits per heavy atom. The lowest BCUT2D eigenvalue weighted by atomic mass is 9.74. The third kappa shape index (κ3) is 0.809. The summed E-state index contributed by atoms with van der Waals surface area (Å²) in [7, 11) is 0. The topological polar surface area (TPSA) is 0 Å². The first-order chi connectivity index (χ1) is 6.93. The Balaban J connectivity index is 1.86. The summed E-state index contributed by atoms with van der Waals surface area (Å²) >= 11 is 0. The van der Waals surface area contributed by atoms with Crippen LogP contribution in [0.2, 0.25) is 0 Å². The molecule has 0 aromatic heterocycles. The van der Waals surface area contributed by atoms with Crippen molar-refractivity contribution < 1.29 is 0 Å². The smallest absolute Gasteiger partial charge is 0.000860 e. The molecule has 0 spiro atoms. The molecule has 0 nitrogen and oxygen atoms in total. The van der Waals surface area contributed by atoms with Gasteiger partial charge in [-0.15, -0.1) is 0 Å². The zero-order valence-corrected chi connectivity index (χ0v) is 8.71. The van der Waals surface area contributed by atoms with Crippen molar-refractivity contribution in [2.75, 3.05) is 0 Å². The SMILES string of the molecule is C1=CC2CC1C1=C2C2CCCC1CC2. The van der Waals surface area contributed by atoms with Gasteiger partial charge in [0.05, 0.1) is 0 Å². The minimum Gasteiger partial charge on any atom is -0.0807 e. The van der Waals surface area contributed by atoms with Gasteiger partial charge in [-0.1, -0.05) is 29.7 Å². The van der Waals surface area contributed by atoms with Crippen molar-refractivity contribution in [3.8, 4) is 0 Å². The summed E-state index contributed by atoms with van der Waals surface area (Å²) in [5, 5.41) is 0. The summed E-state index contributed by atoms with van der Waals surface area (Å²) < 4.78 is 0. The molecule has 0 N–H and O–H groups in total. The van der Waals surface area contributed by atoms with Crippen LogP contribution >= 0.6 is 0 Å². The summed E-state index contributed by atoms with van der Waals surface area (Å²) in [5.74, 6) is 3.79. The van der Waals surface area contributed by atoms with Crippen molar-refractivity contribution >= 4 is 0 Å². The number of hydrogen-bond donors (Lipinski definition) is 0. The second-order valence-electron chi connectivity index (χ2n) is 5.65. The van der Waals surface area contributed by atoms with E-state index in [2.05, 4.69) is 12.2 Å². The van der Waals surface area contributed by atoms with E-state index in [-0.39, 0.29) is 0 Å². The molecule has 14 heavy (non-hydrogen) atoms. The molecule has 4 bridgehead atoms. The van der Waals surface area contributed by atoms with Crippen LogP contribution in [0, 0.1) is 23.7 Å². The zero-order chi connectivity index (χ0) is 9.12. The first-order valence-electron chi connectivity index (χ1n) is 6.35. The van der Waals surface area contributed by atoms with Crippen molar-refractivity contribution in [3.63, 3.8) is 0 Å². The summed E-state index contributed by atoms with van der Waals surface area (Å²) in [5.41, 5.74) is 3.87. The molecule has 0 amide bonds. The van der Waals surface area contributed by atoms with Crippen LogP contribution in [0.15, 0.2) is 23.3 Å². The molecule has 0 heteroatoms. The number of hydrogen-bond acceptors (Lipinski definition) is 0. The number of fused-ring (bicyclic) bond motifs is 5. The van der Waals surface area contributed by atoms with E-state index in [1.165, 1.54) is 38.5 Å². The van der Waals surface area contributed by atoms with Crippen LogP contribution < -0.4 is 0 Å². The highest BCUT2D eigenvalue weighted by molar-refractivity contribution is 5.42. The van der Waals surface area contributed by atoms with Crippen molar-refractivity contribution in [3.05, 3.63) is 23.3 Å². The minimum atomic E-state index is 0.890. The zero-order valence-electron chi connectivity index (χ0n) is 8.71. The standard InChI is InChI=1S/C14H18/c1-2-9-4-5-10(3-1)14-12-7-6-11(8-12)13(9)14/h6-7,9-12H,1-5,8H2. The van der Waals surface area contributed by atoms with Crippen LogP contribution in [0.4, 0.5) is 0 Å². The van der Waals surface area contributed by atoms with Gasteiger partial charge in [-0.2, -0.15) is 0 Å². The van der Waals surface area contributed by atoms with Gasteiger partial charge in [0.1, 0.15) is 0 Å². The van der Waals surface area contributed by atoms with Crippen molar-refractivity contribution in [1.29, 1.82) is 0 Å². The van der Waals surface area contributed by atoms with Gasteiger partial charge in [0, 0.05) is 0 Å². The predicted molar refractivity (Wildman–Crippen MR) is 57.8 cm³/mol. The van der Waals surface area contributed by atoms with E-state index in [1.807, 2.05) is 11.1 Å². The lowest BCUT2D eigenvalue weighted by molar-refractivity contribution is 0.437. The van der Waals surface area contributed by atoms with Crippen LogP contribution in [0.25, 0.3) is 0 Å². The molecule has 0 saturated heterocycles. The maximum Gasteiger partial charge on any atom is -0.000860 e. The Kier molecular flexibility index (Phi) is 1.40. The highest BCUT2D eigenvalue weighted by atomic mass is 14.5. The largest absolute Gasteiger partial charge is 0.0807 e. The molecule has 4 unspecified atom stereocenters. The van der Waals surface area contributed by atoms with Crippen LogP contribution in [0.5, 0.6) is 0 Å². The Bertz CT molecular complexity index is 300. The molecule has 74 valence electrons. The van der Waals surface area contributed by atoms with Crippen LogP contribution in [0.1, 0.15) is 38.5 Å². The monoisotopic (exact) mass is 186 g/mol. The molecule has 1 fully saturated rings. The molecule has 4 atom stereocenters. The van der Waals surface area contributed by atoms with Gasteiger partial charge in [-0.25, -0.2) is 0 Å². The van der Waals surface area contributed by atoms with Crippen LogP contribution in [0.3, 0.4) is 0 Å². The molecular formula is C14H18. The summed E-state index contributed by atoms with van der Waals surface area (Å²) in [6.45, 7) is 0. The second kappa shape index (κ2) is 2.53. The van der Waals surface area contributed by atoms with E-state index in [0.717, 1.165) is 23.7 Å². The molecule has 0 radical (unpaired) electrons. The summed E-state index contributed by atoms with van der Waals surface area (Å²) in [6.07, 6.45) is 14.0. The Morgan fingerprint density at radius 1 is 0.786 bits per heavy atom. The fourth-order valence-electron chi connectivity index (χ4n) is 4.59. The Morgan fingerprint density at radius 3 is 1.93 bits per heavy atom. The molecule has 5 aliphatic carbocycles. The van der Waals surface area contributed by atoms with E-state index in [9.17, 15) is 0 Å². The molecule has 0 aliphatic heterocycles. The minimum absolute atomic E-state index is 0.890. The van der Waals surface area contributed by atoms with E-state index in [1.54, 1.807) is 0 Å². The molecule has 1 saturated carbocycles. The molecular weight excluding hydrogens is 168 g/mol. The first kappa shape index (κ1) is 7.73. The van der Waals surface area contributed by atoms with Gasteiger partial charge in [-0.3, -0.25) is 0 Å². The van der Waals surface area contributed by atoms with Gasteiger partial charge in [-0.05, 0) is 55.8 Å². The van der Waals surface area contributed by atoms with Gasteiger partial charge < -0.3 is 0 Å². The molecule has 0 heterocycles. The van der Waals surface area contributed by atoms with Crippen molar-refractivity contribution in [1.82, 2.24) is 0 Å². The first-order valence-corrected chi connectivity index (χ1v) is 6.35. The third-order valence-corrected chi connectivity index (χ3v) is 5.06.